The molecule has 0 N–H and O–H groups in total. The highest BCUT2D eigenvalue weighted by atomic mass is 79.9. The van der Waals surface area contributed by atoms with E-state index in [1.165, 1.54) is 14.0 Å². The van der Waals surface area contributed by atoms with Gasteiger partial charge in [-0.1, -0.05) is 15.9 Å². The molecule has 1 rings (SSSR count). The van der Waals surface area contributed by atoms with E-state index in [1.807, 2.05) is 0 Å². The maximum Gasteiger partial charge on any atom is 0.305 e. The van der Waals surface area contributed by atoms with E-state index < -0.39 is 0 Å². The van der Waals surface area contributed by atoms with Crippen LogP contribution < -0.4 is 4.74 Å². The van der Waals surface area contributed by atoms with Crippen LogP contribution in [0.3, 0.4) is 0 Å². The number of hydrogen-bond acceptors (Lipinski definition) is 4. The fourth-order valence-electron chi connectivity index (χ4n) is 1.41. The van der Waals surface area contributed by atoms with Crippen LogP contribution in [0.25, 0.3) is 0 Å². The summed E-state index contributed by atoms with van der Waals surface area (Å²) in [6.07, 6.45) is 0.858. The van der Waals surface area contributed by atoms with Crippen molar-refractivity contribution in [1.82, 2.24) is 0 Å². The number of rotatable bonds is 6. The first-order valence-corrected chi connectivity index (χ1v) is 6.34. The van der Waals surface area contributed by atoms with Crippen molar-refractivity contribution < 1.29 is 19.1 Å². The molecular formula is C13H15BrO4. The van der Waals surface area contributed by atoms with E-state index in [0.717, 1.165) is 4.47 Å². The van der Waals surface area contributed by atoms with Gasteiger partial charge in [0.2, 0.25) is 0 Å². The SMILES string of the molecule is COC(=O)CCCOc1cc(Br)ccc1C(C)=O. The molecule has 98 valence electrons. The van der Waals surface area contributed by atoms with Gasteiger partial charge in [-0.3, -0.25) is 9.59 Å². The van der Waals surface area contributed by atoms with Crippen molar-refractivity contribution in [2.24, 2.45) is 0 Å². The molecule has 0 aliphatic rings. The van der Waals surface area contributed by atoms with Gasteiger partial charge in [0, 0.05) is 10.9 Å². The van der Waals surface area contributed by atoms with Crippen LogP contribution in [0.4, 0.5) is 0 Å². The van der Waals surface area contributed by atoms with Gasteiger partial charge in [0.25, 0.3) is 0 Å². The Morgan fingerprint density at radius 2 is 2.06 bits per heavy atom. The molecule has 0 fully saturated rings. The van der Waals surface area contributed by atoms with Gasteiger partial charge in [-0.15, -0.1) is 0 Å². The summed E-state index contributed by atoms with van der Waals surface area (Å²) in [6.45, 7) is 1.86. The zero-order valence-corrected chi connectivity index (χ0v) is 12.0. The molecule has 0 aliphatic carbocycles. The second kappa shape index (κ2) is 7.16. The second-order valence-corrected chi connectivity index (χ2v) is 4.64. The Morgan fingerprint density at radius 3 is 2.67 bits per heavy atom. The molecule has 0 unspecified atom stereocenters. The molecule has 0 spiro atoms. The number of Topliss-reactive ketones (excluding diaryl/α,β-unsaturated/α-hetero) is 1. The predicted molar refractivity (Wildman–Crippen MR) is 70.9 cm³/mol. The van der Waals surface area contributed by atoms with E-state index in [9.17, 15) is 9.59 Å². The summed E-state index contributed by atoms with van der Waals surface area (Å²) in [5.41, 5.74) is 0.538. The van der Waals surface area contributed by atoms with Gasteiger partial charge in [0.15, 0.2) is 5.78 Å². The number of esters is 1. The first kappa shape index (κ1) is 14.7. The minimum atomic E-state index is -0.264. The lowest BCUT2D eigenvalue weighted by molar-refractivity contribution is -0.140. The average molecular weight is 315 g/mol. The first-order chi connectivity index (χ1) is 8.54. The van der Waals surface area contributed by atoms with E-state index in [0.29, 0.717) is 30.8 Å². The van der Waals surface area contributed by atoms with Crippen LogP contribution in [0.15, 0.2) is 22.7 Å². The van der Waals surface area contributed by atoms with Gasteiger partial charge in [0.1, 0.15) is 5.75 Å². The summed E-state index contributed by atoms with van der Waals surface area (Å²) < 4.78 is 10.9. The molecule has 0 aliphatic heterocycles. The number of halogens is 1. The number of carbonyl (C=O) groups is 2. The maximum absolute atomic E-state index is 11.4. The first-order valence-electron chi connectivity index (χ1n) is 5.54. The Bertz CT molecular complexity index is 443. The van der Waals surface area contributed by atoms with Crippen LogP contribution in [0, 0.1) is 0 Å². The molecule has 5 heteroatoms. The van der Waals surface area contributed by atoms with E-state index in [1.54, 1.807) is 18.2 Å². The smallest absolute Gasteiger partial charge is 0.305 e. The summed E-state index contributed by atoms with van der Waals surface area (Å²) >= 11 is 3.32. The summed E-state index contributed by atoms with van der Waals surface area (Å²) in [4.78, 5) is 22.3. The normalized spacial score (nSPS) is 9.94. The molecule has 0 atom stereocenters. The highest BCUT2D eigenvalue weighted by molar-refractivity contribution is 9.10. The monoisotopic (exact) mass is 314 g/mol. The Hall–Kier alpha value is -1.36. The minimum Gasteiger partial charge on any atom is -0.493 e. The number of hydrogen-bond donors (Lipinski definition) is 0. The highest BCUT2D eigenvalue weighted by Crippen LogP contribution is 2.24. The van der Waals surface area contributed by atoms with Crippen molar-refractivity contribution >= 4 is 27.7 Å². The molecule has 4 nitrogen and oxygen atoms in total. The molecule has 0 amide bonds. The Kier molecular flexibility index (Phi) is 5.85. The number of benzene rings is 1. The van der Waals surface area contributed by atoms with Crippen LogP contribution in [-0.2, 0) is 9.53 Å². The van der Waals surface area contributed by atoms with Gasteiger partial charge >= 0.3 is 5.97 Å². The average Bonchev–Trinajstić information content (AvgIpc) is 2.34. The molecule has 0 radical (unpaired) electrons. The third-order valence-electron chi connectivity index (χ3n) is 2.33. The topological polar surface area (TPSA) is 52.6 Å². The van der Waals surface area contributed by atoms with Crippen LogP contribution in [0.5, 0.6) is 5.75 Å². The van der Waals surface area contributed by atoms with Gasteiger partial charge < -0.3 is 9.47 Å². The fraction of sp³-hybridized carbons (Fsp3) is 0.385. The predicted octanol–water partition coefficient (Wildman–Crippen LogP) is 2.98. The van der Waals surface area contributed by atoms with E-state index in [4.69, 9.17) is 4.74 Å². The third-order valence-corrected chi connectivity index (χ3v) is 2.83. The highest BCUT2D eigenvalue weighted by Gasteiger charge is 2.09. The minimum absolute atomic E-state index is 0.0505. The van der Waals surface area contributed by atoms with Crippen molar-refractivity contribution in [2.75, 3.05) is 13.7 Å². The lowest BCUT2D eigenvalue weighted by Gasteiger charge is -2.09. The maximum atomic E-state index is 11.4. The Labute approximate surface area is 114 Å². The zero-order chi connectivity index (χ0) is 13.5. The van der Waals surface area contributed by atoms with Crippen molar-refractivity contribution in [3.63, 3.8) is 0 Å². The van der Waals surface area contributed by atoms with E-state index in [-0.39, 0.29) is 11.8 Å². The summed E-state index contributed by atoms with van der Waals surface area (Å²) in [6, 6.07) is 5.25. The largest absolute Gasteiger partial charge is 0.493 e. The van der Waals surface area contributed by atoms with Crippen LogP contribution >= 0.6 is 15.9 Å². The van der Waals surface area contributed by atoms with Crippen molar-refractivity contribution in [2.45, 2.75) is 19.8 Å². The van der Waals surface area contributed by atoms with Crippen LogP contribution in [-0.4, -0.2) is 25.5 Å². The molecular weight excluding hydrogens is 300 g/mol. The Morgan fingerprint density at radius 1 is 1.33 bits per heavy atom. The lowest BCUT2D eigenvalue weighted by Crippen LogP contribution is -2.06. The van der Waals surface area contributed by atoms with Crippen molar-refractivity contribution in [1.29, 1.82) is 0 Å². The standard InChI is InChI=1S/C13H15BrO4/c1-9(15)11-6-5-10(14)8-12(11)18-7-3-4-13(16)17-2/h5-6,8H,3-4,7H2,1-2H3. The molecule has 1 aromatic carbocycles. The number of ether oxygens (including phenoxy) is 2. The molecule has 18 heavy (non-hydrogen) atoms. The van der Waals surface area contributed by atoms with E-state index in [2.05, 4.69) is 20.7 Å². The quantitative estimate of drug-likeness (QED) is 0.460. The van der Waals surface area contributed by atoms with Gasteiger partial charge in [0.05, 0.1) is 19.3 Å². The molecule has 0 bridgehead atoms. The summed E-state index contributed by atoms with van der Waals surface area (Å²) in [5.74, 6) is 0.215. The Balaban J connectivity index is 2.58. The molecule has 0 saturated heterocycles. The number of methoxy groups -OCH3 is 1. The van der Waals surface area contributed by atoms with Gasteiger partial charge in [-0.2, -0.15) is 0 Å². The lowest BCUT2D eigenvalue weighted by atomic mass is 10.1. The molecule has 0 aromatic heterocycles. The number of carbonyl (C=O) groups excluding carboxylic acids is 2. The van der Waals surface area contributed by atoms with Gasteiger partial charge in [-0.05, 0) is 31.5 Å². The molecule has 0 heterocycles. The van der Waals surface area contributed by atoms with Crippen LogP contribution in [0.2, 0.25) is 0 Å². The molecule has 0 saturated carbocycles. The number of ketones is 1. The van der Waals surface area contributed by atoms with Crippen LogP contribution in [0.1, 0.15) is 30.1 Å². The van der Waals surface area contributed by atoms with Crippen molar-refractivity contribution in [3.8, 4) is 5.75 Å². The zero-order valence-electron chi connectivity index (χ0n) is 10.4. The van der Waals surface area contributed by atoms with E-state index >= 15 is 0 Å². The van der Waals surface area contributed by atoms with Gasteiger partial charge in [-0.25, -0.2) is 0 Å². The second-order valence-electron chi connectivity index (χ2n) is 3.72. The summed E-state index contributed by atoms with van der Waals surface area (Å²) in [5, 5.41) is 0. The van der Waals surface area contributed by atoms with Crippen molar-refractivity contribution in [3.05, 3.63) is 28.2 Å². The third kappa shape index (κ3) is 4.49. The summed E-state index contributed by atoms with van der Waals surface area (Å²) in [7, 11) is 1.35. The molecule has 1 aromatic rings. The fourth-order valence-corrected chi connectivity index (χ4v) is 1.75.